The molecule has 1 saturated heterocycles. The molecule has 0 aromatic rings. The van der Waals surface area contributed by atoms with Gasteiger partial charge in [-0.1, -0.05) is 0 Å². The van der Waals surface area contributed by atoms with Crippen molar-refractivity contribution in [3.63, 3.8) is 0 Å². The van der Waals surface area contributed by atoms with E-state index >= 15 is 0 Å². The monoisotopic (exact) mass is 292 g/mol. The summed E-state index contributed by atoms with van der Waals surface area (Å²) in [7, 11) is 1.49. The fourth-order valence-corrected chi connectivity index (χ4v) is 2.28. The van der Waals surface area contributed by atoms with E-state index in [9.17, 15) is 9.59 Å². The molecule has 1 heterocycles. The Kier molecular flexibility index (Phi) is 7.97. The highest BCUT2D eigenvalue weighted by Crippen LogP contribution is 2.20. The predicted molar refractivity (Wildman–Crippen MR) is 77.3 cm³/mol. The average molecular weight is 293 g/mol. The summed E-state index contributed by atoms with van der Waals surface area (Å²) in [6.45, 7) is 5.57. The van der Waals surface area contributed by atoms with Crippen molar-refractivity contribution in [2.24, 2.45) is 11.7 Å². The van der Waals surface area contributed by atoms with Gasteiger partial charge in [0.15, 0.2) is 0 Å². The molecule has 2 atom stereocenters. The second-order valence-electron chi connectivity index (χ2n) is 4.98. The number of rotatable bonds is 3. The predicted octanol–water partition coefficient (Wildman–Crippen LogP) is 0.312. The number of carbonyl (C=O) groups is 2. The molecule has 6 nitrogen and oxygen atoms in total. The Balaban J connectivity index is 0.00000324. The lowest BCUT2D eigenvalue weighted by Gasteiger charge is -2.36. The van der Waals surface area contributed by atoms with Crippen molar-refractivity contribution in [2.45, 2.75) is 38.8 Å². The van der Waals surface area contributed by atoms with Crippen LogP contribution >= 0.6 is 12.4 Å². The summed E-state index contributed by atoms with van der Waals surface area (Å²) in [5, 5.41) is 4.68. The van der Waals surface area contributed by atoms with Crippen LogP contribution in [0.25, 0.3) is 0 Å². The molecule has 0 saturated carbocycles. The number of nitrogens with one attached hydrogen (secondary N) is 2. The Morgan fingerprint density at radius 1 is 1.26 bits per heavy atom. The number of imide groups is 1. The molecule has 19 heavy (non-hydrogen) atoms. The van der Waals surface area contributed by atoms with Gasteiger partial charge in [0.25, 0.3) is 0 Å². The van der Waals surface area contributed by atoms with Crippen LogP contribution in [0.4, 0.5) is 4.79 Å². The van der Waals surface area contributed by atoms with Crippen molar-refractivity contribution in [2.75, 3.05) is 20.1 Å². The summed E-state index contributed by atoms with van der Waals surface area (Å²) in [4.78, 5) is 25.0. The van der Waals surface area contributed by atoms with Crippen LogP contribution in [-0.2, 0) is 4.79 Å². The van der Waals surface area contributed by atoms with Crippen molar-refractivity contribution in [3.8, 4) is 0 Å². The topological polar surface area (TPSA) is 87.5 Å². The first kappa shape index (κ1) is 18.1. The van der Waals surface area contributed by atoms with Crippen LogP contribution in [0.3, 0.4) is 0 Å². The molecule has 112 valence electrons. The second kappa shape index (κ2) is 8.35. The number of nitrogens with two attached hydrogens (primary N) is 1. The maximum atomic E-state index is 11.8. The van der Waals surface area contributed by atoms with Gasteiger partial charge in [0, 0.05) is 13.1 Å². The number of carbonyl (C=O) groups excluding carboxylic acids is 2. The van der Waals surface area contributed by atoms with E-state index < -0.39 is 6.03 Å². The molecule has 3 amide bonds. The molecule has 1 rings (SSSR count). The fourth-order valence-electron chi connectivity index (χ4n) is 2.28. The quantitative estimate of drug-likeness (QED) is 0.699. The Labute approximate surface area is 120 Å². The van der Waals surface area contributed by atoms with Crippen molar-refractivity contribution >= 4 is 24.3 Å². The third kappa shape index (κ3) is 5.34. The number of nitrogens with zero attached hydrogens (tertiary/aromatic N) is 1. The fraction of sp³-hybridized carbons (Fsp3) is 0.833. The Bertz CT molecular complexity index is 304. The molecule has 2 unspecified atom stereocenters. The molecule has 0 radical (unpaired) electrons. The van der Waals surface area contributed by atoms with E-state index in [4.69, 9.17) is 5.73 Å². The van der Waals surface area contributed by atoms with Gasteiger partial charge in [0.2, 0.25) is 5.91 Å². The minimum atomic E-state index is -0.461. The summed E-state index contributed by atoms with van der Waals surface area (Å²) in [5.74, 6) is 0.282. The number of hydrogen-bond acceptors (Lipinski definition) is 4. The van der Waals surface area contributed by atoms with E-state index in [1.54, 1.807) is 0 Å². The van der Waals surface area contributed by atoms with Crippen LogP contribution in [0.5, 0.6) is 0 Å². The van der Waals surface area contributed by atoms with Gasteiger partial charge in [0.05, 0.1) is 6.04 Å². The molecule has 1 aliphatic heterocycles. The van der Waals surface area contributed by atoms with Crippen LogP contribution in [0.1, 0.15) is 26.7 Å². The molecule has 0 aliphatic carbocycles. The van der Waals surface area contributed by atoms with Gasteiger partial charge in [-0.15, -0.1) is 12.4 Å². The summed E-state index contributed by atoms with van der Waals surface area (Å²) in [6.07, 6.45) is 2.02. The van der Waals surface area contributed by atoms with Crippen LogP contribution in [0, 0.1) is 5.92 Å². The molecule has 7 heteroatoms. The zero-order valence-electron chi connectivity index (χ0n) is 11.8. The van der Waals surface area contributed by atoms with Gasteiger partial charge in [-0.25, -0.2) is 4.79 Å². The summed E-state index contributed by atoms with van der Waals surface area (Å²) >= 11 is 0. The first-order chi connectivity index (χ1) is 8.45. The van der Waals surface area contributed by atoms with Crippen molar-refractivity contribution in [1.82, 2.24) is 15.5 Å². The maximum Gasteiger partial charge on any atom is 0.321 e. The zero-order chi connectivity index (χ0) is 13.7. The van der Waals surface area contributed by atoms with Crippen LogP contribution < -0.4 is 16.4 Å². The molecular formula is C12H25ClN4O2. The van der Waals surface area contributed by atoms with E-state index in [0.29, 0.717) is 5.92 Å². The van der Waals surface area contributed by atoms with Crippen molar-refractivity contribution in [3.05, 3.63) is 0 Å². The Morgan fingerprint density at radius 3 is 2.21 bits per heavy atom. The average Bonchev–Trinajstić information content (AvgIpc) is 2.37. The molecule has 1 fully saturated rings. The van der Waals surface area contributed by atoms with Gasteiger partial charge in [-0.3, -0.25) is 15.0 Å². The lowest BCUT2D eigenvalue weighted by Crippen LogP contribution is -2.52. The lowest BCUT2D eigenvalue weighted by molar-refractivity contribution is -0.125. The van der Waals surface area contributed by atoms with Crippen molar-refractivity contribution < 1.29 is 9.59 Å². The molecule has 0 aromatic heterocycles. The summed E-state index contributed by atoms with van der Waals surface area (Å²) in [5.41, 5.74) is 5.88. The number of hydrogen-bond donors (Lipinski definition) is 3. The molecular weight excluding hydrogens is 268 g/mol. The first-order valence-electron chi connectivity index (χ1n) is 6.48. The highest BCUT2D eigenvalue weighted by atomic mass is 35.5. The van der Waals surface area contributed by atoms with E-state index in [1.807, 2.05) is 13.8 Å². The number of amides is 3. The van der Waals surface area contributed by atoms with Gasteiger partial charge >= 0.3 is 6.03 Å². The van der Waals surface area contributed by atoms with E-state index in [2.05, 4.69) is 15.5 Å². The molecule has 0 spiro atoms. The Hall–Kier alpha value is -0.850. The highest BCUT2D eigenvalue weighted by Gasteiger charge is 2.28. The maximum absolute atomic E-state index is 11.8. The summed E-state index contributed by atoms with van der Waals surface area (Å²) < 4.78 is 0. The lowest BCUT2D eigenvalue weighted by atomic mass is 9.90. The Morgan fingerprint density at radius 2 is 1.79 bits per heavy atom. The van der Waals surface area contributed by atoms with Crippen molar-refractivity contribution in [1.29, 1.82) is 0 Å². The van der Waals surface area contributed by atoms with E-state index in [-0.39, 0.29) is 30.4 Å². The second-order valence-corrected chi connectivity index (χ2v) is 4.98. The largest absolute Gasteiger partial charge is 0.341 e. The third-order valence-corrected chi connectivity index (χ3v) is 3.71. The minimum Gasteiger partial charge on any atom is -0.341 e. The number of halogens is 1. The normalized spacial score (nSPS) is 20.0. The molecule has 0 aromatic carbocycles. The first-order valence-corrected chi connectivity index (χ1v) is 6.48. The van der Waals surface area contributed by atoms with Gasteiger partial charge in [-0.2, -0.15) is 0 Å². The molecule has 0 bridgehead atoms. The summed E-state index contributed by atoms with van der Waals surface area (Å²) in [6, 6.07) is -0.532. The van der Waals surface area contributed by atoms with E-state index in [0.717, 1.165) is 25.9 Å². The standard InChI is InChI=1S/C12H24N4O2.ClH/c1-8(13)10-4-6-16(7-5-10)9(2)11(17)15-12(18)14-3;/h8-10H,4-7,13H2,1-3H3,(H2,14,15,17,18);1H. The van der Waals surface area contributed by atoms with Crippen LogP contribution in [-0.4, -0.2) is 49.1 Å². The van der Waals surface area contributed by atoms with Gasteiger partial charge in [0.1, 0.15) is 0 Å². The van der Waals surface area contributed by atoms with Crippen LogP contribution in [0.2, 0.25) is 0 Å². The highest BCUT2D eigenvalue weighted by molar-refractivity contribution is 5.96. The van der Waals surface area contributed by atoms with Crippen LogP contribution in [0.15, 0.2) is 0 Å². The molecule has 4 N–H and O–H groups in total. The minimum absolute atomic E-state index is 0. The number of urea groups is 1. The van der Waals surface area contributed by atoms with Gasteiger partial charge in [-0.05, 0) is 45.7 Å². The third-order valence-electron chi connectivity index (χ3n) is 3.71. The van der Waals surface area contributed by atoms with E-state index in [1.165, 1.54) is 7.05 Å². The van der Waals surface area contributed by atoms with Gasteiger partial charge < -0.3 is 11.1 Å². The zero-order valence-corrected chi connectivity index (χ0v) is 12.6. The number of piperidine rings is 1. The SMILES string of the molecule is CNC(=O)NC(=O)C(C)N1CCC(C(C)N)CC1.Cl. The smallest absolute Gasteiger partial charge is 0.321 e. The number of likely N-dealkylation sites (tertiary alicyclic amines) is 1. The molecule has 1 aliphatic rings.